The topological polar surface area (TPSA) is 15.7 Å². The summed E-state index contributed by atoms with van der Waals surface area (Å²) < 4.78 is 6.28. The van der Waals surface area contributed by atoms with E-state index in [-0.39, 0.29) is 0 Å². The van der Waals surface area contributed by atoms with Crippen molar-refractivity contribution in [1.82, 2.24) is 0 Å². The minimum absolute atomic E-state index is 0.822. The molecule has 0 N–H and O–H groups in total. The molecule has 0 aliphatic heterocycles. The Labute approximate surface area is 352 Å². The maximum Gasteiger partial charge on any atom is 0.128 e. The van der Waals surface area contributed by atoms with Crippen LogP contribution in [0.25, 0.3) is 54.6 Å². The van der Waals surface area contributed by atoms with Crippen LogP contribution >= 0.6 is 0 Å². The van der Waals surface area contributed by atoms with Gasteiger partial charge in [0.25, 0.3) is 0 Å². The third-order valence-corrected chi connectivity index (χ3v) is 11.6. The van der Waals surface area contributed by atoms with Gasteiger partial charge in [-0.3, -0.25) is 0 Å². The lowest BCUT2D eigenvalue weighted by atomic mass is 9.86. The zero-order valence-corrected chi connectivity index (χ0v) is 34.0. The minimum Gasteiger partial charge on any atom is -0.496 e. The first-order valence-electron chi connectivity index (χ1n) is 20.5. The Morgan fingerprint density at radius 3 is 1.15 bits per heavy atom. The summed E-state index contributed by atoms with van der Waals surface area (Å²) in [4.78, 5) is 4.59. The maximum atomic E-state index is 6.28. The molecule has 10 rings (SSSR count). The minimum atomic E-state index is 0.822. The van der Waals surface area contributed by atoms with Crippen LogP contribution < -0.4 is 14.5 Å². The van der Waals surface area contributed by atoms with Crippen LogP contribution in [0.2, 0.25) is 0 Å². The van der Waals surface area contributed by atoms with Crippen LogP contribution in [0.5, 0.6) is 5.75 Å². The quantitative estimate of drug-likeness (QED) is 0.136. The van der Waals surface area contributed by atoms with Gasteiger partial charge in [0, 0.05) is 45.8 Å². The second kappa shape index (κ2) is 15.6. The molecule has 0 saturated carbocycles. The predicted molar refractivity (Wildman–Crippen MR) is 255 cm³/mol. The van der Waals surface area contributed by atoms with Crippen molar-refractivity contribution in [3.05, 3.63) is 223 Å². The fourth-order valence-corrected chi connectivity index (χ4v) is 8.77. The van der Waals surface area contributed by atoms with Gasteiger partial charge in [-0.15, -0.1) is 0 Å². The number of ether oxygens (including phenoxy) is 1. The highest BCUT2D eigenvalue weighted by Crippen LogP contribution is 2.46. The highest BCUT2D eigenvalue weighted by atomic mass is 16.5. The van der Waals surface area contributed by atoms with Gasteiger partial charge in [0.15, 0.2) is 0 Å². The molecule has 10 aromatic carbocycles. The Morgan fingerprint density at radius 1 is 0.300 bits per heavy atom. The lowest BCUT2D eigenvalue weighted by molar-refractivity contribution is 0.416. The third kappa shape index (κ3) is 6.70. The number of para-hydroxylation sites is 4. The summed E-state index contributed by atoms with van der Waals surface area (Å²) in [5, 5.41) is 7.34. The van der Waals surface area contributed by atoms with Gasteiger partial charge in [-0.25, -0.2) is 0 Å². The van der Waals surface area contributed by atoms with Crippen LogP contribution in [0.3, 0.4) is 0 Å². The Bertz CT molecular complexity index is 3050. The Hall–Kier alpha value is -7.62. The number of fused-ring (bicyclic) bond motifs is 5. The molecule has 0 heterocycles. The van der Waals surface area contributed by atoms with Crippen LogP contribution in [0.4, 0.5) is 34.1 Å². The van der Waals surface area contributed by atoms with Gasteiger partial charge in [-0.1, -0.05) is 132 Å². The van der Waals surface area contributed by atoms with Gasteiger partial charge in [0.2, 0.25) is 0 Å². The molecular weight excluding hydrogens is 729 g/mol. The van der Waals surface area contributed by atoms with Gasteiger partial charge < -0.3 is 14.5 Å². The number of aryl methyl sites for hydroxylation is 2. The lowest BCUT2D eigenvalue weighted by Gasteiger charge is -2.26. The molecule has 0 aliphatic carbocycles. The van der Waals surface area contributed by atoms with Crippen LogP contribution in [0.1, 0.15) is 11.1 Å². The molecule has 60 heavy (non-hydrogen) atoms. The van der Waals surface area contributed by atoms with E-state index in [0.29, 0.717) is 0 Å². The number of hydrogen-bond acceptors (Lipinski definition) is 3. The predicted octanol–water partition coefficient (Wildman–Crippen LogP) is 16.0. The van der Waals surface area contributed by atoms with E-state index in [1.54, 1.807) is 7.11 Å². The first-order chi connectivity index (χ1) is 29.5. The normalized spacial score (nSPS) is 11.2. The van der Waals surface area contributed by atoms with Gasteiger partial charge in [-0.05, 0) is 148 Å². The number of nitrogens with zero attached hydrogens (tertiary/aromatic N) is 2. The van der Waals surface area contributed by atoms with Gasteiger partial charge >= 0.3 is 0 Å². The van der Waals surface area contributed by atoms with Crippen LogP contribution in [-0.2, 0) is 0 Å². The number of anilines is 6. The summed E-state index contributed by atoms with van der Waals surface area (Å²) >= 11 is 0. The summed E-state index contributed by atoms with van der Waals surface area (Å²) in [7, 11) is 1.78. The van der Waals surface area contributed by atoms with Crippen molar-refractivity contribution < 1.29 is 4.74 Å². The zero-order chi connectivity index (χ0) is 40.6. The van der Waals surface area contributed by atoms with E-state index in [9.17, 15) is 0 Å². The summed E-state index contributed by atoms with van der Waals surface area (Å²) in [6.45, 7) is 4.37. The van der Waals surface area contributed by atoms with Crippen molar-refractivity contribution in [3.8, 4) is 28.0 Å². The average Bonchev–Trinajstić information content (AvgIpc) is 3.30. The first kappa shape index (κ1) is 36.7. The molecule has 3 heteroatoms. The lowest BCUT2D eigenvalue weighted by Crippen LogP contribution is -2.10. The number of hydrogen-bond donors (Lipinski definition) is 0. The first-order valence-corrected chi connectivity index (χ1v) is 20.5. The molecule has 0 radical (unpaired) electrons. The molecule has 10 aromatic rings. The Kier molecular flexibility index (Phi) is 9.55. The maximum absolute atomic E-state index is 6.28. The SMILES string of the molecule is COc1cc(N(c2ccccc2)c2ccccc2)ccc1-c1cc2c3cc(C)ccc3c(-c3ccc(N(c4ccccc4)c4ccccc4)cc3)cc2c2cc(C)ccc12. The van der Waals surface area contributed by atoms with E-state index in [4.69, 9.17) is 4.74 Å². The summed E-state index contributed by atoms with van der Waals surface area (Å²) in [6, 6.07) is 76.4. The molecule has 0 amide bonds. The number of methoxy groups -OCH3 is 1. The molecule has 0 atom stereocenters. The van der Waals surface area contributed by atoms with E-state index >= 15 is 0 Å². The molecule has 0 saturated heterocycles. The molecular formula is C57H44N2O. The Morgan fingerprint density at radius 2 is 0.683 bits per heavy atom. The second-order valence-corrected chi connectivity index (χ2v) is 15.5. The van der Waals surface area contributed by atoms with E-state index < -0.39 is 0 Å². The van der Waals surface area contributed by atoms with Crippen LogP contribution in [-0.4, -0.2) is 7.11 Å². The van der Waals surface area contributed by atoms with E-state index in [1.165, 1.54) is 54.6 Å². The second-order valence-electron chi connectivity index (χ2n) is 15.5. The molecule has 0 unspecified atom stereocenters. The smallest absolute Gasteiger partial charge is 0.128 e. The highest BCUT2D eigenvalue weighted by Gasteiger charge is 2.20. The van der Waals surface area contributed by atoms with Crippen LogP contribution in [0, 0.1) is 13.8 Å². The molecule has 0 spiro atoms. The van der Waals surface area contributed by atoms with E-state index in [2.05, 4.69) is 236 Å². The van der Waals surface area contributed by atoms with Crippen molar-refractivity contribution >= 4 is 66.4 Å². The van der Waals surface area contributed by atoms with E-state index in [0.717, 1.165) is 51.0 Å². The third-order valence-electron chi connectivity index (χ3n) is 11.6. The fourth-order valence-electron chi connectivity index (χ4n) is 8.77. The molecule has 288 valence electrons. The monoisotopic (exact) mass is 772 g/mol. The summed E-state index contributed by atoms with van der Waals surface area (Å²) in [5.74, 6) is 0.822. The van der Waals surface area contributed by atoms with Crippen molar-refractivity contribution in [2.45, 2.75) is 13.8 Å². The largest absolute Gasteiger partial charge is 0.496 e. The number of benzene rings is 10. The van der Waals surface area contributed by atoms with Crippen LogP contribution in [0.15, 0.2) is 212 Å². The number of rotatable bonds is 9. The van der Waals surface area contributed by atoms with E-state index in [1.807, 2.05) is 0 Å². The van der Waals surface area contributed by atoms with Gasteiger partial charge in [-0.2, -0.15) is 0 Å². The Balaban J connectivity index is 1.14. The molecule has 0 aliphatic rings. The zero-order valence-electron chi connectivity index (χ0n) is 34.0. The summed E-state index contributed by atoms with van der Waals surface area (Å²) in [6.07, 6.45) is 0. The average molecular weight is 773 g/mol. The van der Waals surface area contributed by atoms with Gasteiger partial charge in [0.1, 0.15) is 5.75 Å². The molecule has 0 fully saturated rings. The van der Waals surface area contributed by atoms with Crippen molar-refractivity contribution in [3.63, 3.8) is 0 Å². The fraction of sp³-hybridized carbons (Fsp3) is 0.0526. The standard InChI is InChI=1S/C57H44N2O/c1-39-24-31-48-51(41-26-28-46(29-27-41)58(42-16-8-4-9-17-42)43-18-10-5-11-19-43)37-55-53-35-40(2)25-32-49(53)54(38-56(55)52(48)34-39)50-33-30-47(36-57(50)60-3)59(44-20-12-6-13-21-44)45-22-14-7-15-23-45/h4-38H,1-3H3. The summed E-state index contributed by atoms with van der Waals surface area (Å²) in [5.41, 5.74) is 13.6. The van der Waals surface area contributed by atoms with Crippen molar-refractivity contribution in [2.24, 2.45) is 0 Å². The van der Waals surface area contributed by atoms with Crippen molar-refractivity contribution in [1.29, 1.82) is 0 Å². The van der Waals surface area contributed by atoms with Crippen molar-refractivity contribution in [2.75, 3.05) is 16.9 Å². The van der Waals surface area contributed by atoms with Gasteiger partial charge in [0.05, 0.1) is 7.11 Å². The molecule has 0 bridgehead atoms. The molecule has 0 aromatic heterocycles. The molecule has 3 nitrogen and oxygen atoms in total. The highest BCUT2D eigenvalue weighted by molar-refractivity contribution is 6.24.